The lowest BCUT2D eigenvalue weighted by molar-refractivity contribution is 0.0631. The maximum Gasteiger partial charge on any atom is 0.253 e. The third-order valence-electron chi connectivity index (χ3n) is 5.58. The molecule has 0 aromatic heterocycles. The fourth-order valence-corrected chi connectivity index (χ4v) is 3.86. The van der Waals surface area contributed by atoms with Gasteiger partial charge in [0, 0.05) is 35.5 Å². The highest BCUT2D eigenvalue weighted by molar-refractivity contribution is 5.94. The molecule has 5 nitrogen and oxygen atoms in total. The second-order valence-corrected chi connectivity index (χ2v) is 7.32. The second kappa shape index (κ2) is 7.29. The summed E-state index contributed by atoms with van der Waals surface area (Å²) in [6, 6.07) is 13.3. The minimum Gasteiger partial charge on any atom is -0.489 e. The van der Waals surface area contributed by atoms with Crippen LogP contribution in [-0.4, -0.2) is 48.8 Å². The number of likely N-dealkylation sites (tertiary alicyclic amines) is 1. The van der Waals surface area contributed by atoms with Crippen molar-refractivity contribution in [1.29, 1.82) is 0 Å². The molecule has 2 heterocycles. The summed E-state index contributed by atoms with van der Waals surface area (Å²) in [4.78, 5) is 14.6. The summed E-state index contributed by atoms with van der Waals surface area (Å²) in [7, 11) is 0. The monoisotopic (exact) mass is 371 g/mol. The van der Waals surface area contributed by atoms with Crippen molar-refractivity contribution < 1.29 is 23.8 Å². The van der Waals surface area contributed by atoms with Gasteiger partial charge in [-0.25, -0.2) is 4.39 Å². The van der Waals surface area contributed by atoms with Gasteiger partial charge >= 0.3 is 0 Å². The Balaban J connectivity index is 1.39. The van der Waals surface area contributed by atoms with E-state index in [1.165, 1.54) is 6.07 Å². The van der Waals surface area contributed by atoms with Crippen molar-refractivity contribution in [2.24, 2.45) is 11.3 Å². The van der Waals surface area contributed by atoms with Crippen LogP contribution in [0.2, 0.25) is 0 Å². The molecule has 2 atom stereocenters. The number of aliphatic hydroxyl groups is 1. The van der Waals surface area contributed by atoms with Crippen molar-refractivity contribution in [3.05, 3.63) is 65.5 Å². The number of halogens is 1. The van der Waals surface area contributed by atoms with E-state index in [1.54, 1.807) is 47.4 Å². The minimum absolute atomic E-state index is 0.0320. The van der Waals surface area contributed by atoms with E-state index in [4.69, 9.17) is 9.47 Å². The fourth-order valence-electron chi connectivity index (χ4n) is 3.86. The van der Waals surface area contributed by atoms with Crippen LogP contribution in [0, 0.1) is 17.2 Å². The number of amides is 1. The molecule has 2 aliphatic heterocycles. The molecular formula is C21H22FNO4. The number of nitrogens with zero attached hydrogens (tertiary/aromatic N) is 1. The van der Waals surface area contributed by atoms with Crippen molar-refractivity contribution in [3.8, 4) is 5.75 Å². The Kier molecular flexibility index (Phi) is 4.85. The van der Waals surface area contributed by atoms with Crippen LogP contribution in [0.1, 0.15) is 15.9 Å². The Hall–Kier alpha value is -2.44. The summed E-state index contributed by atoms with van der Waals surface area (Å²) < 4.78 is 24.7. The molecule has 6 heteroatoms. The van der Waals surface area contributed by atoms with E-state index in [9.17, 15) is 14.3 Å². The maximum atomic E-state index is 13.6. The zero-order valence-corrected chi connectivity index (χ0v) is 14.9. The molecule has 142 valence electrons. The number of benzene rings is 2. The van der Waals surface area contributed by atoms with E-state index < -0.39 is 0 Å². The van der Waals surface area contributed by atoms with Gasteiger partial charge in [-0.3, -0.25) is 4.79 Å². The normalized spacial score (nSPS) is 24.1. The fraction of sp³-hybridized carbons (Fsp3) is 0.381. The van der Waals surface area contributed by atoms with Crippen LogP contribution in [0.3, 0.4) is 0 Å². The molecule has 2 aromatic carbocycles. The summed E-state index contributed by atoms with van der Waals surface area (Å²) in [5.74, 6) is 0.409. The van der Waals surface area contributed by atoms with Gasteiger partial charge in [-0.15, -0.1) is 0 Å². The van der Waals surface area contributed by atoms with Crippen molar-refractivity contribution in [3.63, 3.8) is 0 Å². The Morgan fingerprint density at radius 1 is 1.26 bits per heavy atom. The van der Waals surface area contributed by atoms with Crippen LogP contribution in [0.15, 0.2) is 48.5 Å². The number of fused-ring (bicyclic) bond motifs is 1. The van der Waals surface area contributed by atoms with Gasteiger partial charge in [-0.2, -0.15) is 0 Å². The van der Waals surface area contributed by atoms with Crippen LogP contribution < -0.4 is 4.74 Å². The number of carbonyl (C=O) groups is 1. The largest absolute Gasteiger partial charge is 0.489 e. The Labute approximate surface area is 157 Å². The van der Waals surface area contributed by atoms with Crippen molar-refractivity contribution in [1.82, 2.24) is 4.90 Å². The average Bonchev–Trinajstić information content (AvgIpc) is 3.25. The number of aliphatic hydroxyl groups excluding tert-OH is 1. The zero-order valence-electron chi connectivity index (χ0n) is 14.9. The van der Waals surface area contributed by atoms with E-state index in [-0.39, 0.29) is 36.3 Å². The van der Waals surface area contributed by atoms with Crippen LogP contribution in [0.4, 0.5) is 4.39 Å². The summed E-state index contributed by atoms with van der Waals surface area (Å²) >= 11 is 0. The predicted molar refractivity (Wildman–Crippen MR) is 96.9 cm³/mol. The molecule has 0 spiro atoms. The third-order valence-corrected chi connectivity index (χ3v) is 5.58. The summed E-state index contributed by atoms with van der Waals surface area (Å²) in [5.41, 5.74) is 0.735. The van der Waals surface area contributed by atoms with Gasteiger partial charge < -0.3 is 19.5 Å². The molecule has 0 saturated carbocycles. The van der Waals surface area contributed by atoms with E-state index in [2.05, 4.69) is 0 Å². The lowest BCUT2D eigenvalue weighted by atomic mass is 9.82. The van der Waals surface area contributed by atoms with E-state index in [1.807, 2.05) is 0 Å². The first kappa shape index (κ1) is 17.9. The number of rotatable bonds is 5. The average molecular weight is 371 g/mol. The molecule has 2 aliphatic rings. The van der Waals surface area contributed by atoms with E-state index >= 15 is 0 Å². The molecule has 2 aromatic rings. The molecule has 0 unspecified atom stereocenters. The second-order valence-electron chi connectivity index (χ2n) is 7.32. The molecule has 0 radical (unpaired) electrons. The highest BCUT2D eigenvalue weighted by Gasteiger charge is 2.51. The first-order valence-electron chi connectivity index (χ1n) is 9.05. The van der Waals surface area contributed by atoms with Gasteiger partial charge in [0.05, 0.1) is 19.8 Å². The molecule has 4 rings (SSSR count). The molecular weight excluding hydrogens is 349 g/mol. The van der Waals surface area contributed by atoms with Gasteiger partial charge in [0.1, 0.15) is 18.2 Å². The first-order valence-corrected chi connectivity index (χ1v) is 9.05. The van der Waals surface area contributed by atoms with Crippen LogP contribution in [-0.2, 0) is 11.3 Å². The van der Waals surface area contributed by atoms with Gasteiger partial charge in [0.15, 0.2) is 0 Å². The Morgan fingerprint density at radius 2 is 2.04 bits per heavy atom. The zero-order chi connectivity index (χ0) is 18.9. The van der Waals surface area contributed by atoms with E-state index in [0.29, 0.717) is 43.2 Å². The SMILES string of the molecule is O=C(c1ccc(OCc2ccccc2F)cc1)N1C[C@H]2COC[C@@]2(CO)C1. The lowest BCUT2D eigenvalue weighted by Crippen LogP contribution is -2.36. The molecule has 0 bridgehead atoms. The van der Waals surface area contributed by atoms with Gasteiger partial charge in [-0.05, 0) is 30.3 Å². The first-order chi connectivity index (χ1) is 13.1. The van der Waals surface area contributed by atoms with Crippen LogP contribution in [0.5, 0.6) is 5.75 Å². The number of hydrogen-bond donors (Lipinski definition) is 1. The minimum atomic E-state index is -0.321. The van der Waals surface area contributed by atoms with Crippen LogP contribution >= 0.6 is 0 Å². The smallest absolute Gasteiger partial charge is 0.253 e. The van der Waals surface area contributed by atoms with Crippen molar-refractivity contribution >= 4 is 5.91 Å². The number of hydrogen-bond acceptors (Lipinski definition) is 4. The van der Waals surface area contributed by atoms with Gasteiger partial charge in [0.2, 0.25) is 0 Å². The standard InChI is InChI=1S/C21H22FNO4/c22-19-4-2-1-3-16(19)10-27-18-7-5-15(6-8-18)20(25)23-9-17-11-26-14-21(17,12-23)13-24/h1-8,17,24H,9-14H2/t17-,21-/m0/s1. The summed E-state index contributed by atoms with van der Waals surface area (Å²) in [5, 5.41) is 9.74. The highest BCUT2D eigenvalue weighted by atomic mass is 19.1. The van der Waals surface area contributed by atoms with Crippen molar-refractivity contribution in [2.45, 2.75) is 6.61 Å². The van der Waals surface area contributed by atoms with Crippen molar-refractivity contribution in [2.75, 3.05) is 32.9 Å². The Morgan fingerprint density at radius 3 is 2.74 bits per heavy atom. The van der Waals surface area contributed by atoms with E-state index in [0.717, 1.165) is 0 Å². The molecule has 2 fully saturated rings. The number of ether oxygens (including phenoxy) is 2. The topological polar surface area (TPSA) is 59.0 Å². The molecule has 0 aliphatic carbocycles. The van der Waals surface area contributed by atoms with Gasteiger partial charge in [-0.1, -0.05) is 18.2 Å². The quantitative estimate of drug-likeness (QED) is 0.877. The summed E-state index contributed by atoms with van der Waals surface area (Å²) in [6.07, 6.45) is 0. The van der Waals surface area contributed by atoms with Crippen LogP contribution in [0.25, 0.3) is 0 Å². The third kappa shape index (κ3) is 3.42. The lowest BCUT2D eigenvalue weighted by Gasteiger charge is -2.24. The highest BCUT2D eigenvalue weighted by Crippen LogP contribution is 2.41. The van der Waals surface area contributed by atoms with Gasteiger partial charge in [0.25, 0.3) is 5.91 Å². The predicted octanol–water partition coefficient (Wildman–Crippen LogP) is 2.49. The Bertz CT molecular complexity index is 825. The maximum absolute atomic E-state index is 13.6. The molecule has 27 heavy (non-hydrogen) atoms. The number of carbonyl (C=O) groups excluding carboxylic acids is 1. The molecule has 2 saturated heterocycles. The molecule has 1 amide bonds. The summed E-state index contributed by atoms with van der Waals surface area (Å²) in [6.45, 7) is 2.37. The molecule has 1 N–H and O–H groups in total.